The molecule has 0 amide bonds. The highest BCUT2D eigenvalue weighted by Gasteiger charge is 2.37. The number of hydrogen-bond acceptors (Lipinski definition) is 2. The molecule has 0 spiro atoms. The molecular weight excluding hydrogens is 709 g/mol. The molecule has 4 heteroatoms. The van der Waals surface area contributed by atoms with Crippen LogP contribution in [0.5, 0.6) is 0 Å². The highest BCUT2D eigenvalue weighted by Crippen LogP contribution is 2.27. The molecule has 5 rings (SSSR count). The van der Waals surface area contributed by atoms with Crippen LogP contribution in [-0.2, 0) is 0 Å². The first kappa shape index (κ1) is 42.1. The Kier molecular flexibility index (Phi) is 16.1. The van der Waals surface area contributed by atoms with Crippen LogP contribution in [0.15, 0.2) is 133 Å². The molecule has 5 aromatic rings. The van der Waals surface area contributed by atoms with Crippen LogP contribution in [0.4, 0.5) is 0 Å². The first-order chi connectivity index (χ1) is 27.5. The average molecular weight is 769 g/mol. The minimum absolute atomic E-state index is 0.653. The molecule has 0 atom stereocenters. The fraction of sp³-hybridized carbons (Fsp3) is 0.308. The van der Waals surface area contributed by atoms with Gasteiger partial charge in [0.2, 0.25) is 0 Å². The number of nitrogens with zero attached hydrogens (tertiary/aromatic N) is 2. The fourth-order valence-electron chi connectivity index (χ4n) is 8.49. The zero-order valence-electron chi connectivity index (χ0n) is 34.2. The molecule has 56 heavy (non-hydrogen) atoms. The van der Waals surface area contributed by atoms with E-state index < -0.39 is 16.1 Å². The maximum Gasteiger partial charge on any atom is 0.118 e. The van der Waals surface area contributed by atoms with Gasteiger partial charge in [-0.1, -0.05) is 233 Å². The zero-order valence-corrected chi connectivity index (χ0v) is 36.2. The van der Waals surface area contributed by atoms with Crippen LogP contribution < -0.4 is 20.7 Å². The molecule has 0 bridgehead atoms. The van der Waals surface area contributed by atoms with E-state index in [0.717, 1.165) is 22.3 Å². The molecule has 0 heterocycles. The monoisotopic (exact) mass is 768 g/mol. The van der Waals surface area contributed by atoms with Crippen LogP contribution in [0.25, 0.3) is 23.3 Å². The van der Waals surface area contributed by atoms with E-state index in [1.807, 2.05) is 36.4 Å². The molecule has 0 saturated carbocycles. The minimum Gasteiger partial charge on any atom is -0.192 e. The molecule has 0 aromatic heterocycles. The van der Waals surface area contributed by atoms with Gasteiger partial charge in [-0.25, -0.2) is 0 Å². The second kappa shape index (κ2) is 21.3. The lowest BCUT2D eigenvalue weighted by Gasteiger charge is -2.33. The summed E-state index contributed by atoms with van der Waals surface area (Å²) in [5.41, 5.74) is 5.12. The van der Waals surface area contributed by atoms with Gasteiger partial charge in [-0.2, -0.15) is 10.5 Å². The summed E-state index contributed by atoms with van der Waals surface area (Å²) in [6.45, 7) is 9.17. The largest absolute Gasteiger partial charge is 0.192 e. The summed E-state index contributed by atoms with van der Waals surface area (Å²) in [6.07, 6.45) is 13.7. The highest BCUT2D eigenvalue weighted by atomic mass is 28.3. The van der Waals surface area contributed by atoms with Gasteiger partial charge in [0.05, 0.1) is 23.3 Å². The number of nitriles is 2. The number of allylic oxidation sites excluding steroid dienone is 2. The lowest BCUT2D eigenvalue weighted by molar-refractivity contribution is 0.838. The standard InChI is InChI=1S/C52H60N2Si2/c1-5-9-35-55(36-10-6-2,49-19-15-13-16-20-49)51-31-27-45(28-32-51)47(41-53)39-43-23-25-44(26-24-43)40-48(42-54)46-29-33-52(34-30-46)56(37-11-7-3,38-12-8-4)50-21-17-14-18-22-50/h13-34,39-40H,5-12,35-38H2,1-4H3/b47-39-,48-40+. The maximum atomic E-state index is 10.3. The van der Waals surface area contributed by atoms with Crippen molar-refractivity contribution in [1.29, 1.82) is 10.5 Å². The quantitative estimate of drug-likeness (QED) is 0.0450. The van der Waals surface area contributed by atoms with E-state index in [9.17, 15) is 10.5 Å². The lowest BCUT2D eigenvalue weighted by atomic mass is 10.0. The highest BCUT2D eigenvalue weighted by molar-refractivity contribution is 7.02. The van der Waals surface area contributed by atoms with Crippen LogP contribution in [-0.4, -0.2) is 16.1 Å². The second-order valence-electron chi connectivity index (χ2n) is 15.5. The summed E-state index contributed by atoms with van der Waals surface area (Å²) in [5, 5.41) is 26.5. The Bertz CT molecular complexity index is 1910. The molecule has 0 aliphatic rings. The molecule has 286 valence electrons. The van der Waals surface area contributed by atoms with E-state index in [0.29, 0.717) is 11.1 Å². The van der Waals surface area contributed by atoms with Crippen molar-refractivity contribution in [3.05, 3.63) is 156 Å². The van der Waals surface area contributed by atoms with Crippen molar-refractivity contribution in [1.82, 2.24) is 0 Å². The topological polar surface area (TPSA) is 47.6 Å². The van der Waals surface area contributed by atoms with E-state index in [2.05, 4.69) is 149 Å². The van der Waals surface area contributed by atoms with Crippen LogP contribution in [0.2, 0.25) is 24.2 Å². The van der Waals surface area contributed by atoms with E-state index in [-0.39, 0.29) is 0 Å². The Hall–Kier alpha value is -5.01. The first-order valence-corrected chi connectivity index (χ1v) is 26.0. The third-order valence-electron chi connectivity index (χ3n) is 11.8. The molecular formula is C52H60N2Si2. The first-order valence-electron chi connectivity index (χ1n) is 21.1. The number of hydrogen-bond donors (Lipinski definition) is 0. The minimum atomic E-state index is -1.94. The van der Waals surface area contributed by atoms with Gasteiger partial charge in [-0.05, 0) is 58.6 Å². The van der Waals surface area contributed by atoms with E-state index in [4.69, 9.17) is 0 Å². The summed E-state index contributed by atoms with van der Waals surface area (Å²) >= 11 is 0. The smallest absolute Gasteiger partial charge is 0.118 e. The van der Waals surface area contributed by atoms with Gasteiger partial charge in [0.1, 0.15) is 16.1 Å². The summed E-state index contributed by atoms with van der Waals surface area (Å²) in [6, 6.07) is 58.4. The van der Waals surface area contributed by atoms with Gasteiger partial charge >= 0.3 is 0 Å². The van der Waals surface area contributed by atoms with Crippen molar-refractivity contribution < 1.29 is 0 Å². The predicted molar refractivity (Wildman–Crippen MR) is 248 cm³/mol. The van der Waals surface area contributed by atoms with Crippen molar-refractivity contribution in [2.45, 2.75) is 103 Å². The van der Waals surface area contributed by atoms with Gasteiger partial charge < -0.3 is 0 Å². The van der Waals surface area contributed by atoms with Crippen LogP contribution in [0.1, 0.15) is 101 Å². The molecule has 0 unspecified atom stereocenters. The van der Waals surface area contributed by atoms with Gasteiger partial charge in [-0.15, -0.1) is 0 Å². The third-order valence-corrected chi connectivity index (χ3v) is 22.4. The van der Waals surface area contributed by atoms with E-state index in [1.165, 1.54) is 96.3 Å². The Morgan fingerprint density at radius 2 is 0.696 bits per heavy atom. The Morgan fingerprint density at radius 1 is 0.411 bits per heavy atom. The molecule has 0 saturated heterocycles. The Morgan fingerprint density at radius 3 is 0.964 bits per heavy atom. The molecule has 0 aliphatic heterocycles. The SMILES string of the molecule is CCCC[Si](CCCC)(c1ccccc1)c1ccc(/C(C#N)=C/c2ccc(/C=C(/C#N)c3ccc([Si](CCCC)(CCCC)c4ccccc4)cc3)cc2)cc1. The molecule has 0 aliphatic carbocycles. The number of unbranched alkanes of at least 4 members (excludes halogenated alkanes) is 4. The molecule has 5 aromatic carbocycles. The zero-order chi connectivity index (χ0) is 39.6. The van der Waals surface area contributed by atoms with Crippen molar-refractivity contribution in [3.63, 3.8) is 0 Å². The lowest BCUT2D eigenvalue weighted by Crippen LogP contribution is -2.58. The third kappa shape index (κ3) is 10.2. The van der Waals surface area contributed by atoms with Crippen LogP contribution >= 0.6 is 0 Å². The van der Waals surface area contributed by atoms with Gasteiger partial charge in [0, 0.05) is 0 Å². The fourth-order valence-corrected chi connectivity index (χ4v) is 19.1. The van der Waals surface area contributed by atoms with Crippen molar-refractivity contribution in [2.24, 2.45) is 0 Å². The van der Waals surface area contributed by atoms with Crippen molar-refractivity contribution >= 4 is 60.2 Å². The Balaban J connectivity index is 1.38. The predicted octanol–water partition coefficient (Wildman–Crippen LogP) is 12.1. The maximum absolute atomic E-state index is 10.3. The molecule has 2 nitrogen and oxygen atoms in total. The van der Waals surface area contributed by atoms with E-state index >= 15 is 0 Å². The summed E-state index contributed by atoms with van der Waals surface area (Å²) in [7, 11) is -3.89. The normalized spacial score (nSPS) is 12.2. The number of rotatable bonds is 20. The second-order valence-corrected chi connectivity index (χ2v) is 24.1. The Labute approximate surface area is 340 Å². The van der Waals surface area contributed by atoms with Gasteiger partial charge in [-0.3, -0.25) is 0 Å². The van der Waals surface area contributed by atoms with Gasteiger partial charge in [0.15, 0.2) is 0 Å². The van der Waals surface area contributed by atoms with Crippen molar-refractivity contribution in [3.8, 4) is 12.1 Å². The average Bonchev–Trinajstić information content (AvgIpc) is 3.26. The summed E-state index contributed by atoms with van der Waals surface area (Å²) in [4.78, 5) is 0. The van der Waals surface area contributed by atoms with Gasteiger partial charge in [0.25, 0.3) is 0 Å². The summed E-state index contributed by atoms with van der Waals surface area (Å²) < 4.78 is 0. The number of benzene rings is 5. The van der Waals surface area contributed by atoms with E-state index in [1.54, 1.807) is 0 Å². The molecule has 0 fully saturated rings. The molecule has 0 N–H and O–H groups in total. The van der Waals surface area contributed by atoms with Crippen LogP contribution in [0, 0.1) is 22.7 Å². The summed E-state index contributed by atoms with van der Waals surface area (Å²) in [5.74, 6) is 0. The van der Waals surface area contributed by atoms with Crippen molar-refractivity contribution in [2.75, 3.05) is 0 Å². The molecule has 0 radical (unpaired) electrons. The van der Waals surface area contributed by atoms with Crippen LogP contribution in [0.3, 0.4) is 0 Å².